The van der Waals surface area contributed by atoms with Gasteiger partial charge in [-0.3, -0.25) is 19.4 Å². The molecule has 1 radical (unpaired) electrons. The first-order valence-electron chi connectivity index (χ1n) is 14.5. The Morgan fingerprint density at radius 1 is 0.932 bits per heavy atom. The van der Waals surface area contributed by atoms with E-state index in [1.165, 1.54) is 0 Å². The van der Waals surface area contributed by atoms with Gasteiger partial charge in [-0.15, -0.1) is 0 Å². The van der Waals surface area contributed by atoms with Gasteiger partial charge in [0.2, 0.25) is 0 Å². The first-order valence-corrected chi connectivity index (χ1v) is 14.5. The normalized spacial score (nSPS) is 12.5. The Kier molecular flexibility index (Phi) is 21.4. The second-order valence-corrected chi connectivity index (χ2v) is 10.6. The van der Waals surface area contributed by atoms with Crippen LogP contribution in [-0.4, -0.2) is 90.5 Å². The summed E-state index contributed by atoms with van der Waals surface area (Å²) in [6.07, 6.45) is 5.68. The zero-order valence-corrected chi connectivity index (χ0v) is 26.9. The van der Waals surface area contributed by atoms with Crippen LogP contribution in [0.15, 0.2) is 54.9 Å². The number of ether oxygens (including phenoxy) is 3. The number of aromatic carboxylic acids is 1. The number of hydrogen-bond acceptors (Lipinski definition) is 9. The number of likely N-dealkylation sites (N-methyl/N-ethyl adjacent to an activating group) is 1. The van der Waals surface area contributed by atoms with E-state index in [0.29, 0.717) is 38.3 Å². The van der Waals surface area contributed by atoms with Crippen LogP contribution in [0.25, 0.3) is 0 Å². The molecule has 249 valence electrons. The van der Waals surface area contributed by atoms with Crippen molar-refractivity contribution in [3.8, 4) is 0 Å². The Labute approximate surface area is 270 Å². The Morgan fingerprint density at radius 2 is 1.59 bits per heavy atom. The van der Waals surface area contributed by atoms with Crippen molar-refractivity contribution in [1.82, 2.24) is 9.88 Å². The molecule has 1 aromatic carbocycles. The van der Waals surface area contributed by atoms with Crippen molar-refractivity contribution in [1.29, 1.82) is 0 Å². The maximum Gasteiger partial charge on any atom is 0.335 e. The predicted octanol–water partition coefficient (Wildman–Crippen LogP) is 4.66. The third-order valence-electron chi connectivity index (χ3n) is 6.63. The standard InChI is InChI=1S/C25H40N2O7.C7H6O2.Cu/c1-5-6-14-32-16-17-33-23(30)19-25(3,18-20(2)21-7-10-26-11-8-21)24(31)34-15-13-27(4)12-9-22(28)29;8-7(9)6-4-2-1-3-5-6;/h7-8,10-11,20H,5-6,9,12-19H2,1-4H3,(H,28,29);1-5H,(H,8,9);. The van der Waals surface area contributed by atoms with Gasteiger partial charge in [0.25, 0.3) is 0 Å². The fraction of sp³-hybridized carbons (Fsp3) is 0.531. The van der Waals surface area contributed by atoms with E-state index >= 15 is 0 Å². The molecule has 2 N–H and O–H groups in total. The first kappa shape index (κ1) is 40.7. The van der Waals surface area contributed by atoms with Crippen molar-refractivity contribution in [2.45, 2.75) is 58.8 Å². The summed E-state index contributed by atoms with van der Waals surface area (Å²) in [6.45, 7) is 7.74. The number of rotatable bonds is 19. The summed E-state index contributed by atoms with van der Waals surface area (Å²) in [6, 6.07) is 12.1. The van der Waals surface area contributed by atoms with E-state index < -0.39 is 29.3 Å². The van der Waals surface area contributed by atoms with Gasteiger partial charge in [-0.05, 0) is 62.6 Å². The Bertz CT molecular complexity index is 1110. The molecule has 44 heavy (non-hydrogen) atoms. The van der Waals surface area contributed by atoms with Crippen molar-refractivity contribution in [2.24, 2.45) is 5.41 Å². The van der Waals surface area contributed by atoms with E-state index in [4.69, 9.17) is 24.4 Å². The largest absolute Gasteiger partial charge is 0.481 e. The molecule has 2 unspecified atom stereocenters. The van der Waals surface area contributed by atoms with E-state index in [9.17, 15) is 19.2 Å². The summed E-state index contributed by atoms with van der Waals surface area (Å²) in [5.74, 6) is -2.72. The Balaban J connectivity index is 0.00000157. The van der Waals surface area contributed by atoms with Crippen LogP contribution in [0, 0.1) is 5.41 Å². The molecule has 0 amide bonds. The van der Waals surface area contributed by atoms with Crippen LogP contribution in [0.3, 0.4) is 0 Å². The van der Waals surface area contributed by atoms with Crippen LogP contribution in [0.2, 0.25) is 0 Å². The van der Waals surface area contributed by atoms with E-state index in [1.54, 1.807) is 61.6 Å². The van der Waals surface area contributed by atoms with Gasteiger partial charge in [-0.25, -0.2) is 4.79 Å². The molecule has 0 aliphatic carbocycles. The second-order valence-electron chi connectivity index (χ2n) is 10.6. The molecule has 2 rings (SSSR count). The van der Waals surface area contributed by atoms with Crippen molar-refractivity contribution in [3.63, 3.8) is 0 Å². The zero-order valence-electron chi connectivity index (χ0n) is 26.0. The number of pyridine rings is 1. The minimum absolute atomic E-state index is 0. The number of hydrogen-bond donors (Lipinski definition) is 2. The number of aliphatic carboxylic acids is 1. The van der Waals surface area contributed by atoms with Gasteiger partial charge in [0.05, 0.1) is 30.4 Å². The fourth-order valence-electron chi connectivity index (χ4n) is 4.09. The number of nitrogens with zero attached hydrogens (tertiary/aromatic N) is 2. The van der Waals surface area contributed by atoms with Gasteiger partial charge >= 0.3 is 23.9 Å². The SMILES string of the molecule is CCCCOCCOC(=O)CC(C)(CC(C)c1ccncc1)C(=O)OCCN(C)CCC(=O)O.O=C(O)c1ccccc1.[Cu]. The molecular formula is C32H46CuN2O9. The van der Waals surface area contributed by atoms with Crippen LogP contribution < -0.4 is 0 Å². The second kappa shape index (κ2) is 23.1. The summed E-state index contributed by atoms with van der Waals surface area (Å²) in [5.41, 5.74) is 0.264. The van der Waals surface area contributed by atoms with E-state index in [0.717, 1.165) is 18.4 Å². The summed E-state index contributed by atoms with van der Waals surface area (Å²) in [5, 5.41) is 17.2. The van der Waals surface area contributed by atoms with Crippen molar-refractivity contribution < 1.29 is 60.7 Å². The van der Waals surface area contributed by atoms with Gasteiger partial charge in [-0.1, -0.05) is 38.5 Å². The molecule has 0 spiro atoms. The molecule has 2 atom stereocenters. The van der Waals surface area contributed by atoms with Crippen LogP contribution in [-0.2, 0) is 45.7 Å². The molecule has 1 heterocycles. The minimum Gasteiger partial charge on any atom is -0.481 e. The minimum atomic E-state index is -1.08. The Morgan fingerprint density at radius 3 is 2.16 bits per heavy atom. The van der Waals surface area contributed by atoms with Crippen LogP contribution in [0.1, 0.15) is 74.7 Å². The molecule has 0 saturated carbocycles. The summed E-state index contributed by atoms with van der Waals surface area (Å²) in [4.78, 5) is 52.4. The quantitative estimate of drug-likeness (QED) is 0.122. The number of carbonyl (C=O) groups is 4. The number of benzene rings is 1. The smallest absolute Gasteiger partial charge is 0.335 e. The number of unbranched alkanes of at least 4 members (excludes halogenated alkanes) is 1. The first-order chi connectivity index (χ1) is 20.5. The molecule has 12 heteroatoms. The molecule has 0 aliphatic rings. The van der Waals surface area contributed by atoms with E-state index in [2.05, 4.69) is 11.9 Å². The van der Waals surface area contributed by atoms with Crippen molar-refractivity contribution in [2.75, 3.05) is 46.6 Å². The van der Waals surface area contributed by atoms with Gasteiger partial charge in [-0.2, -0.15) is 0 Å². The number of aromatic nitrogens is 1. The average molecular weight is 666 g/mol. The topological polar surface area (TPSA) is 153 Å². The van der Waals surface area contributed by atoms with E-state index in [1.807, 2.05) is 19.1 Å². The van der Waals surface area contributed by atoms with Gasteiger partial charge in [0, 0.05) is 49.2 Å². The monoisotopic (exact) mass is 665 g/mol. The molecule has 0 bridgehead atoms. The number of esters is 2. The Hall–Kier alpha value is -3.31. The average Bonchev–Trinajstić information content (AvgIpc) is 2.99. The number of carboxylic acid groups (broad SMARTS) is 2. The molecular weight excluding hydrogens is 620 g/mol. The third-order valence-corrected chi connectivity index (χ3v) is 6.63. The van der Waals surface area contributed by atoms with Crippen LogP contribution >= 0.6 is 0 Å². The molecule has 1 aromatic heterocycles. The molecule has 0 aliphatic heterocycles. The van der Waals surface area contributed by atoms with Crippen molar-refractivity contribution in [3.05, 3.63) is 66.0 Å². The van der Waals surface area contributed by atoms with Crippen LogP contribution in [0.5, 0.6) is 0 Å². The molecule has 0 saturated heterocycles. The third kappa shape index (κ3) is 17.7. The maximum absolute atomic E-state index is 13.1. The van der Waals surface area contributed by atoms with Gasteiger partial charge < -0.3 is 29.3 Å². The van der Waals surface area contributed by atoms with Crippen LogP contribution in [0.4, 0.5) is 0 Å². The summed E-state index contributed by atoms with van der Waals surface area (Å²) < 4.78 is 16.2. The van der Waals surface area contributed by atoms with Gasteiger partial charge in [0.15, 0.2) is 0 Å². The number of carbonyl (C=O) groups excluding carboxylic acids is 2. The summed E-state index contributed by atoms with van der Waals surface area (Å²) >= 11 is 0. The fourth-order valence-corrected chi connectivity index (χ4v) is 4.09. The maximum atomic E-state index is 13.1. The zero-order chi connectivity index (χ0) is 32.1. The van der Waals surface area contributed by atoms with Gasteiger partial charge in [0.1, 0.15) is 13.2 Å². The van der Waals surface area contributed by atoms with E-state index in [-0.39, 0.29) is 49.0 Å². The predicted molar refractivity (Wildman–Crippen MR) is 161 cm³/mol. The molecule has 2 aromatic rings. The molecule has 11 nitrogen and oxygen atoms in total. The van der Waals surface area contributed by atoms with Crippen molar-refractivity contribution >= 4 is 23.9 Å². The number of carboxylic acids is 2. The summed E-state index contributed by atoms with van der Waals surface area (Å²) in [7, 11) is 1.77. The molecule has 0 fully saturated rings.